The molecule has 0 spiro atoms. The van der Waals surface area contributed by atoms with Crippen molar-refractivity contribution in [2.75, 3.05) is 17.2 Å². The first-order chi connectivity index (χ1) is 12.8. The standard InChI is InChI=1S/C20H28F2N2O2S/c1-15(14-27(25)26)19-23(13-17-8-10-20(21,22)11-9-17)12-16(2)24(19)18-6-4-3-5-7-18/h3-7,12,15,17,19H,8-11,13-14H2,1-2H3,(H,25,26)/p-1. The maximum Gasteiger partial charge on any atom is 0.248 e. The van der Waals surface area contributed by atoms with Gasteiger partial charge in [-0.1, -0.05) is 36.2 Å². The van der Waals surface area contributed by atoms with Crippen molar-refractivity contribution < 1.29 is 17.5 Å². The summed E-state index contributed by atoms with van der Waals surface area (Å²) in [6, 6.07) is 9.89. The molecule has 0 amide bonds. The van der Waals surface area contributed by atoms with Gasteiger partial charge in [0.05, 0.1) is 0 Å². The van der Waals surface area contributed by atoms with Crippen molar-refractivity contribution in [3.05, 3.63) is 42.2 Å². The molecule has 0 bridgehead atoms. The number of halogens is 2. The summed E-state index contributed by atoms with van der Waals surface area (Å²) in [5.74, 6) is -2.39. The van der Waals surface area contributed by atoms with Crippen LogP contribution in [0.2, 0.25) is 0 Å². The van der Waals surface area contributed by atoms with Gasteiger partial charge < -0.3 is 14.4 Å². The minimum Gasteiger partial charge on any atom is -0.772 e. The van der Waals surface area contributed by atoms with Crippen LogP contribution in [0.25, 0.3) is 0 Å². The van der Waals surface area contributed by atoms with Gasteiger partial charge in [0.1, 0.15) is 6.17 Å². The molecule has 150 valence electrons. The fourth-order valence-electron chi connectivity index (χ4n) is 4.30. The molecule has 4 nitrogen and oxygen atoms in total. The highest BCUT2D eigenvalue weighted by Crippen LogP contribution is 2.39. The van der Waals surface area contributed by atoms with Crippen LogP contribution in [0.1, 0.15) is 39.5 Å². The van der Waals surface area contributed by atoms with Crippen LogP contribution in [0.5, 0.6) is 0 Å². The minimum atomic E-state index is -2.53. The summed E-state index contributed by atoms with van der Waals surface area (Å²) in [5, 5.41) is 0. The second-order valence-electron chi connectivity index (χ2n) is 7.83. The van der Waals surface area contributed by atoms with Crippen LogP contribution in [0, 0.1) is 11.8 Å². The normalized spacial score (nSPS) is 25.4. The van der Waals surface area contributed by atoms with Gasteiger partial charge in [0, 0.05) is 48.6 Å². The number of hydrogen-bond donors (Lipinski definition) is 0. The Morgan fingerprint density at radius 2 is 1.89 bits per heavy atom. The third kappa shape index (κ3) is 4.88. The summed E-state index contributed by atoms with van der Waals surface area (Å²) < 4.78 is 49.6. The van der Waals surface area contributed by atoms with Gasteiger partial charge in [-0.2, -0.15) is 0 Å². The molecule has 3 atom stereocenters. The summed E-state index contributed by atoms with van der Waals surface area (Å²) in [6.45, 7) is 4.62. The van der Waals surface area contributed by atoms with Crippen molar-refractivity contribution >= 4 is 16.8 Å². The van der Waals surface area contributed by atoms with Gasteiger partial charge in [-0.3, -0.25) is 4.21 Å². The van der Waals surface area contributed by atoms with Crippen LogP contribution < -0.4 is 4.90 Å². The maximum atomic E-state index is 13.5. The lowest BCUT2D eigenvalue weighted by Gasteiger charge is -2.40. The third-order valence-corrected chi connectivity index (χ3v) is 6.38. The van der Waals surface area contributed by atoms with Crippen molar-refractivity contribution in [3.8, 4) is 0 Å². The molecule has 27 heavy (non-hydrogen) atoms. The maximum absolute atomic E-state index is 13.5. The molecule has 1 aromatic rings. The lowest BCUT2D eigenvalue weighted by molar-refractivity contribution is -0.0486. The van der Waals surface area contributed by atoms with E-state index in [2.05, 4.69) is 16.0 Å². The summed E-state index contributed by atoms with van der Waals surface area (Å²) in [6.07, 6.45) is 2.83. The first kappa shape index (κ1) is 20.3. The van der Waals surface area contributed by atoms with E-state index in [0.29, 0.717) is 19.4 Å². The van der Waals surface area contributed by atoms with E-state index in [1.807, 2.05) is 44.2 Å². The van der Waals surface area contributed by atoms with Crippen molar-refractivity contribution in [3.63, 3.8) is 0 Å². The van der Waals surface area contributed by atoms with Gasteiger partial charge in [0.15, 0.2) is 0 Å². The van der Waals surface area contributed by atoms with E-state index in [1.54, 1.807) is 0 Å². The van der Waals surface area contributed by atoms with E-state index >= 15 is 0 Å². The lowest BCUT2D eigenvalue weighted by atomic mass is 9.86. The first-order valence-corrected chi connectivity index (χ1v) is 10.7. The number of anilines is 1. The van der Waals surface area contributed by atoms with E-state index in [1.165, 1.54) is 0 Å². The van der Waals surface area contributed by atoms with E-state index in [0.717, 1.165) is 11.4 Å². The number of nitrogens with zero attached hydrogens (tertiary/aromatic N) is 2. The monoisotopic (exact) mass is 397 g/mol. The number of para-hydroxylation sites is 1. The predicted molar refractivity (Wildman–Crippen MR) is 103 cm³/mol. The van der Waals surface area contributed by atoms with Gasteiger partial charge in [-0.25, -0.2) is 8.78 Å². The Morgan fingerprint density at radius 1 is 1.26 bits per heavy atom. The zero-order valence-electron chi connectivity index (χ0n) is 15.8. The highest BCUT2D eigenvalue weighted by Gasteiger charge is 2.39. The van der Waals surface area contributed by atoms with Gasteiger partial charge in [0.25, 0.3) is 0 Å². The second-order valence-corrected chi connectivity index (χ2v) is 8.77. The van der Waals surface area contributed by atoms with Crippen LogP contribution in [-0.2, 0) is 11.1 Å². The average molecular weight is 398 g/mol. The van der Waals surface area contributed by atoms with Crippen LogP contribution in [0.3, 0.4) is 0 Å². The number of allylic oxidation sites excluding steroid dienone is 1. The molecule has 1 saturated carbocycles. The zero-order chi connectivity index (χ0) is 19.6. The summed E-state index contributed by atoms with van der Waals surface area (Å²) in [5.41, 5.74) is 2.05. The molecule has 1 fully saturated rings. The molecular weight excluding hydrogens is 370 g/mol. The molecule has 7 heteroatoms. The molecule has 1 aromatic carbocycles. The number of rotatable bonds is 6. The summed E-state index contributed by atoms with van der Waals surface area (Å²) in [7, 11) is 0. The van der Waals surface area contributed by atoms with Gasteiger partial charge in [-0.15, -0.1) is 0 Å². The highest BCUT2D eigenvalue weighted by atomic mass is 32.2. The third-order valence-electron chi connectivity index (χ3n) is 5.58. The van der Waals surface area contributed by atoms with Crippen molar-refractivity contribution in [2.45, 2.75) is 51.6 Å². The van der Waals surface area contributed by atoms with Gasteiger partial charge in [0.2, 0.25) is 5.92 Å². The van der Waals surface area contributed by atoms with Crippen molar-refractivity contribution in [2.24, 2.45) is 11.8 Å². The Balaban J connectivity index is 1.80. The molecule has 0 saturated heterocycles. The average Bonchev–Trinajstić information content (AvgIpc) is 2.93. The largest absolute Gasteiger partial charge is 0.772 e. The van der Waals surface area contributed by atoms with Crippen LogP contribution in [0.4, 0.5) is 14.5 Å². The Hall–Kier alpha value is -1.47. The fraction of sp³-hybridized carbons (Fsp3) is 0.600. The van der Waals surface area contributed by atoms with Gasteiger partial charge >= 0.3 is 0 Å². The molecule has 3 unspecified atom stereocenters. The zero-order valence-corrected chi connectivity index (χ0v) is 16.6. The Morgan fingerprint density at radius 3 is 2.48 bits per heavy atom. The summed E-state index contributed by atoms with van der Waals surface area (Å²) in [4.78, 5) is 4.32. The lowest BCUT2D eigenvalue weighted by Crippen LogP contribution is -2.47. The van der Waals surface area contributed by atoms with E-state index < -0.39 is 17.0 Å². The quantitative estimate of drug-likeness (QED) is 0.670. The molecule has 0 N–H and O–H groups in total. The van der Waals surface area contributed by atoms with Crippen LogP contribution >= 0.6 is 0 Å². The van der Waals surface area contributed by atoms with Crippen LogP contribution in [-0.4, -0.2) is 38.0 Å². The van der Waals surface area contributed by atoms with Crippen molar-refractivity contribution in [1.29, 1.82) is 0 Å². The molecule has 0 aromatic heterocycles. The van der Waals surface area contributed by atoms with E-state index in [4.69, 9.17) is 0 Å². The molecule has 0 radical (unpaired) electrons. The highest BCUT2D eigenvalue weighted by molar-refractivity contribution is 7.79. The number of alkyl halides is 2. The smallest absolute Gasteiger partial charge is 0.248 e. The molecule has 1 aliphatic carbocycles. The van der Waals surface area contributed by atoms with E-state index in [-0.39, 0.29) is 36.6 Å². The summed E-state index contributed by atoms with van der Waals surface area (Å²) >= 11 is -2.13. The van der Waals surface area contributed by atoms with E-state index in [9.17, 15) is 17.5 Å². The molecule has 3 rings (SSSR count). The SMILES string of the molecule is CC1=CN(CC2CCC(F)(F)CC2)C(C(C)CS(=O)[O-])N1c1ccccc1. The minimum absolute atomic E-state index is 0.0542. The Labute approximate surface area is 162 Å². The Bertz CT molecular complexity index is 688. The molecular formula is C20H27F2N2O2S-. The predicted octanol–water partition coefficient (Wildman–Crippen LogP) is 4.34. The van der Waals surface area contributed by atoms with Gasteiger partial charge in [-0.05, 0) is 37.8 Å². The first-order valence-electron chi connectivity index (χ1n) is 9.49. The fourth-order valence-corrected chi connectivity index (χ4v) is 4.91. The second kappa shape index (κ2) is 8.27. The van der Waals surface area contributed by atoms with Crippen LogP contribution in [0.15, 0.2) is 42.2 Å². The number of hydrogen-bond acceptors (Lipinski definition) is 4. The molecule has 1 heterocycles. The molecule has 1 aliphatic heterocycles. The molecule has 2 aliphatic rings. The number of benzene rings is 1. The topological polar surface area (TPSA) is 46.6 Å². The Kier molecular flexibility index (Phi) is 6.21. The van der Waals surface area contributed by atoms with Crippen molar-refractivity contribution in [1.82, 2.24) is 4.90 Å².